The zero-order valence-corrected chi connectivity index (χ0v) is 17.8. The van der Waals surface area contributed by atoms with Crippen molar-refractivity contribution in [2.45, 2.75) is 19.3 Å². The fourth-order valence-electron chi connectivity index (χ4n) is 3.73. The summed E-state index contributed by atoms with van der Waals surface area (Å²) in [6.07, 6.45) is 1.64. The predicted molar refractivity (Wildman–Crippen MR) is 117 cm³/mol. The number of aliphatic hydroxyl groups excluding tert-OH is 1. The Kier molecular flexibility index (Phi) is 7.15. The molecule has 2 aromatic carbocycles. The number of methoxy groups -OCH3 is 1. The van der Waals surface area contributed by atoms with Crippen LogP contribution in [0.25, 0.3) is 0 Å². The van der Waals surface area contributed by atoms with Crippen LogP contribution in [-0.2, 0) is 6.42 Å². The van der Waals surface area contributed by atoms with Crippen LogP contribution in [-0.4, -0.2) is 48.4 Å². The highest BCUT2D eigenvalue weighted by Gasteiger charge is 2.38. The summed E-state index contributed by atoms with van der Waals surface area (Å²) in [5.41, 5.74) is 5.89. The smallest absolute Gasteiger partial charge is 0.372 e. The maximum Gasteiger partial charge on any atom is 0.372 e. The van der Waals surface area contributed by atoms with Crippen LogP contribution in [0.15, 0.2) is 42.5 Å². The Bertz CT molecular complexity index is 1040. The normalized spacial score (nSPS) is 17.8. The minimum Gasteiger partial charge on any atom is -0.497 e. The van der Waals surface area contributed by atoms with E-state index in [1.807, 2.05) is 0 Å². The average molecular weight is 441 g/mol. The lowest BCUT2D eigenvalue weighted by atomic mass is 9.75. The molecule has 2 amide bonds. The number of nitriles is 1. The summed E-state index contributed by atoms with van der Waals surface area (Å²) in [4.78, 5) is 11.2. The molecule has 1 aliphatic heterocycles. The quantitative estimate of drug-likeness (QED) is 0.450. The van der Waals surface area contributed by atoms with Gasteiger partial charge in [0.25, 0.3) is 0 Å². The molecule has 168 valence electrons. The Hall–Kier alpha value is -3.80. The summed E-state index contributed by atoms with van der Waals surface area (Å²) in [6.45, 7) is 0.834. The third-order valence-electron chi connectivity index (χ3n) is 5.58. The summed E-state index contributed by atoms with van der Waals surface area (Å²) >= 11 is 0. The zero-order valence-electron chi connectivity index (χ0n) is 17.8. The van der Waals surface area contributed by atoms with Gasteiger partial charge in [-0.2, -0.15) is 9.84 Å². The van der Waals surface area contributed by atoms with Crippen LogP contribution >= 0.6 is 0 Å². The topological polar surface area (TPSA) is 121 Å². The van der Waals surface area contributed by atoms with Gasteiger partial charge in [-0.05, 0) is 36.2 Å². The Balaban J connectivity index is 1.66. The highest BCUT2D eigenvalue weighted by molar-refractivity contribution is 5.89. The minimum absolute atomic E-state index is 0.0196. The number of hydrogen-bond acceptors (Lipinski definition) is 4. The van der Waals surface area contributed by atoms with Gasteiger partial charge in [-0.3, -0.25) is 0 Å². The molecule has 4 N–H and O–H groups in total. The number of urea groups is 1. The molecule has 32 heavy (non-hydrogen) atoms. The number of piperidine rings is 1. The van der Waals surface area contributed by atoms with Gasteiger partial charge in [-0.15, -0.1) is 0 Å². The van der Waals surface area contributed by atoms with Gasteiger partial charge in [-0.1, -0.05) is 12.1 Å². The number of nitrogens with one attached hydrogen (secondary N) is 1. The predicted octanol–water partition coefficient (Wildman–Crippen LogP) is 3.22. The molecule has 0 spiro atoms. The molecule has 0 aromatic heterocycles. The van der Waals surface area contributed by atoms with Crippen molar-refractivity contribution in [2.24, 2.45) is 11.1 Å². The van der Waals surface area contributed by atoms with E-state index in [1.165, 1.54) is 19.2 Å². The van der Waals surface area contributed by atoms with E-state index in [2.05, 4.69) is 11.4 Å². The summed E-state index contributed by atoms with van der Waals surface area (Å²) in [5, 5.41) is 22.8. The summed E-state index contributed by atoms with van der Waals surface area (Å²) in [5.74, 6) is 0.534. The molecule has 3 rings (SSSR count). The molecule has 0 aliphatic carbocycles. The number of nitrogens with zero attached hydrogens (tertiary/aromatic N) is 2. The molecule has 0 atom stereocenters. The number of primary amides is 1. The molecule has 0 radical (unpaired) electrons. The number of amides is 2. The highest BCUT2D eigenvalue weighted by atomic mass is 19.1. The monoisotopic (exact) mass is 441 g/mol. The molecule has 1 heterocycles. The molecule has 1 fully saturated rings. The second-order valence-corrected chi connectivity index (χ2v) is 7.74. The summed E-state index contributed by atoms with van der Waals surface area (Å²) < 4.78 is 25.8. The van der Waals surface area contributed by atoms with Crippen molar-refractivity contribution < 1.29 is 28.3 Å². The first-order valence-corrected chi connectivity index (χ1v) is 10.2. The lowest BCUT2D eigenvalue weighted by Crippen LogP contribution is -2.39. The van der Waals surface area contributed by atoms with Crippen molar-refractivity contribution in [2.75, 3.05) is 32.1 Å². The zero-order chi connectivity index (χ0) is 23.1. The van der Waals surface area contributed by atoms with Gasteiger partial charge in [0.1, 0.15) is 30.4 Å². The number of carbonyl (C=O) groups excluding carboxylic acids is 1. The summed E-state index contributed by atoms with van der Waals surface area (Å²) in [7, 11) is 1.50. The molecular weight excluding hydrogens is 415 g/mol. The number of halogens is 1. The Morgan fingerprint density at radius 1 is 1.28 bits per heavy atom. The van der Waals surface area contributed by atoms with E-state index >= 15 is 0 Å². The number of aliphatic hydroxyl groups is 1. The third kappa shape index (κ3) is 5.66. The van der Waals surface area contributed by atoms with Crippen LogP contribution < -0.4 is 20.5 Å². The molecule has 8 nitrogen and oxygen atoms in total. The molecule has 0 bridgehead atoms. The fourth-order valence-corrected chi connectivity index (χ4v) is 3.73. The van der Waals surface area contributed by atoms with Crippen molar-refractivity contribution in [1.82, 2.24) is 0 Å². The number of anilines is 1. The van der Waals surface area contributed by atoms with E-state index in [9.17, 15) is 19.6 Å². The van der Waals surface area contributed by atoms with E-state index in [-0.39, 0.29) is 18.3 Å². The third-order valence-corrected chi connectivity index (χ3v) is 5.58. The van der Waals surface area contributed by atoms with E-state index < -0.39 is 11.4 Å². The first kappa shape index (κ1) is 22.9. The second-order valence-electron chi connectivity index (χ2n) is 7.74. The number of rotatable bonds is 7. The molecule has 1 aliphatic rings. The lowest BCUT2D eigenvalue weighted by molar-refractivity contribution is -0.552. The summed E-state index contributed by atoms with van der Waals surface area (Å²) in [6, 6.07) is 12.7. The van der Waals surface area contributed by atoms with E-state index in [1.54, 1.807) is 34.9 Å². The van der Waals surface area contributed by atoms with Gasteiger partial charge in [-0.25, -0.2) is 9.18 Å². The van der Waals surface area contributed by atoms with E-state index in [4.69, 9.17) is 15.2 Å². The average Bonchev–Trinajstić information content (AvgIpc) is 2.80. The number of benzene rings is 2. The first-order chi connectivity index (χ1) is 15.3. The molecule has 1 saturated heterocycles. The van der Waals surface area contributed by atoms with Gasteiger partial charge in [0, 0.05) is 18.9 Å². The highest BCUT2D eigenvalue weighted by Crippen LogP contribution is 2.34. The van der Waals surface area contributed by atoms with Crippen LogP contribution in [0.2, 0.25) is 0 Å². The van der Waals surface area contributed by atoms with Crippen molar-refractivity contribution >= 4 is 17.6 Å². The minimum atomic E-state index is -0.738. The van der Waals surface area contributed by atoms with Gasteiger partial charge >= 0.3 is 11.9 Å². The molecule has 0 unspecified atom stereocenters. The van der Waals surface area contributed by atoms with Crippen molar-refractivity contribution in [3.05, 3.63) is 53.8 Å². The van der Waals surface area contributed by atoms with Crippen LogP contribution in [0.4, 0.5) is 14.9 Å². The van der Waals surface area contributed by atoms with Crippen LogP contribution in [0.5, 0.6) is 11.5 Å². The second kappa shape index (κ2) is 10.0. The lowest BCUT2D eigenvalue weighted by Gasteiger charge is -2.29. The Labute approximate surface area is 185 Å². The molecule has 0 saturated carbocycles. The van der Waals surface area contributed by atoms with Gasteiger partial charge in [0.15, 0.2) is 0 Å². The maximum absolute atomic E-state index is 13.2. The van der Waals surface area contributed by atoms with Crippen molar-refractivity contribution in [1.29, 1.82) is 5.26 Å². The van der Waals surface area contributed by atoms with Gasteiger partial charge in [0.2, 0.25) is 6.61 Å². The molecule has 2 aromatic rings. The SMILES string of the molecule is COc1ccc(NC(N)=O)c(OCC(O)=[N+]2CCC(C#N)(Cc3ccc(F)cc3)CC2)c1. The van der Waals surface area contributed by atoms with Crippen LogP contribution in [0, 0.1) is 22.6 Å². The van der Waals surface area contributed by atoms with E-state index in [0.29, 0.717) is 49.5 Å². The largest absolute Gasteiger partial charge is 0.497 e. The van der Waals surface area contributed by atoms with Crippen molar-refractivity contribution in [3.8, 4) is 17.6 Å². The Morgan fingerprint density at radius 3 is 2.56 bits per heavy atom. The fraction of sp³-hybridized carbons (Fsp3) is 0.348. The van der Waals surface area contributed by atoms with E-state index in [0.717, 1.165) is 5.56 Å². The first-order valence-electron chi connectivity index (χ1n) is 10.2. The Morgan fingerprint density at radius 2 is 1.97 bits per heavy atom. The maximum atomic E-state index is 13.2. The number of nitrogens with two attached hydrogens (primary N) is 1. The number of hydrogen-bond donors (Lipinski definition) is 3. The van der Waals surface area contributed by atoms with Crippen molar-refractivity contribution in [3.63, 3.8) is 0 Å². The number of ether oxygens (including phenoxy) is 2. The van der Waals surface area contributed by atoms with Gasteiger partial charge < -0.3 is 25.6 Å². The van der Waals surface area contributed by atoms with Crippen LogP contribution in [0.1, 0.15) is 18.4 Å². The van der Waals surface area contributed by atoms with Crippen LogP contribution in [0.3, 0.4) is 0 Å². The standard InChI is InChI=1S/C23H25FN4O4/c1-31-18-6-7-19(27-22(26)30)20(12-18)32-14-21(29)28-10-8-23(15-25,9-11-28)13-16-2-4-17(24)5-3-16/h2-7,12H,8-11,13-14H2,1H3,(H3,26,27,30)/p+1. The molecular formula is C23H26FN4O4+. The molecule has 9 heteroatoms. The number of carbonyl (C=O) groups is 1. The van der Waals surface area contributed by atoms with Gasteiger partial charge in [0.05, 0.1) is 24.3 Å².